The Morgan fingerprint density at radius 2 is 1.74 bits per heavy atom. The third-order valence-corrected chi connectivity index (χ3v) is 5.67. The molecule has 1 aliphatic heterocycles. The van der Waals surface area contributed by atoms with Gasteiger partial charge in [0.1, 0.15) is 17.4 Å². The summed E-state index contributed by atoms with van der Waals surface area (Å²) >= 11 is 6.24. The van der Waals surface area contributed by atoms with Gasteiger partial charge in [0.2, 0.25) is 5.88 Å². The van der Waals surface area contributed by atoms with Gasteiger partial charge in [-0.3, -0.25) is 9.36 Å². The molecule has 0 fully saturated rings. The molecule has 0 saturated heterocycles. The van der Waals surface area contributed by atoms with Crippen LogP contribution in [0.15, 0.2) is 95.1 Å². The maximum absolute atomic E-state index is 13.9. The molecule has 6 heteroatoms. The largest absolute Gasteiger partial charge is 0.439 e. The van der Waals surface area contributed by atoms with Crippen LogP contribution in [-0.2, 0) is 0 Å². The lowest BCUT2D eigenvalue weighted by atomic mass is 9.83. The van der Waals surface area contributed by atoms with Gasteiger partial charge in [-0.15, -0.1) is 0 Å². The normalized spacial score (nSPS) is 15.3. The molecule has 1 atom stereocenters. The number of hydrogen-bond acceptors (Lipinski definition) is 4. The molecule has 31 heavy (non-hydrogen) atoms. The third-order valence-electron chi connectivity index (χ3n) is 5.44. The van der Waals surface area contributed by atoms with E-state index < -0.39 is 5.92 Å². The molecule has 0 amide bonds. The zero-order chi connectivity index (χ0) is 21.5. The zero-order valence-corrected chi connectivity index (χ0v) is 17.0. The van der Waals surface area contributed by atoms with Crippen molar-refractivity contribution in [2.45, 2.75) is 5.92 Å². The van der Waals surface area contributed by atoms with Gasteiger partial charge >= 0.3 is 0 Å². The van der Waals surface area contributed by atoms with Crippen molar-refractivity contribution in [2.24, 2.45) is 5.73 Å². The van der Waals surface area contributed by atoms with Crippen LogP contribution >= 0.6 is 11.6 Å². The van der Waals surface area contributed by atoms with E-state index in [-0.39, 0.29) is 17.0 Å². The summed E-state index contributed by atoms with van der Waals surface area (Å²) in [6.45, 7) is 0. The fourth-order valence-electron chi connectivity index (χ4n) is 4.12. The van der Waals surface area contributed by atoms with Gasteiger partial charge in [0.15, 0.2) is 0 Å². The van der Waals surface area contributed by atoms with Crippen LogP contribution in [0.25, 0.3) is 16.6 Å². The summed E-state index contributed by atoms with van der Waals surface area (Å²) in [4.78, 5) is 13.9. The molecule has 1 aromatic heterocycles. The van der Waals surface area contributed by atoms with Gasteiger partial charge < -0.3 is 10.5 Å². The van der Waals surface area contributed by atoms with Gasteiger partial charge in [0.05, 0.1) is 17.0 Å². The van der Waals surface area contributed by atoms with Crippen molar-refractivity contribution in [1.29, 1.82) is 5.26 Å². The number of aromatic nitrogens is 1. The number of allylic oxidation sites excluding steroid dienone is 1. The van der Waals surface area contributed by atoms with E-state index in [2.05, 4.69) is 6.07 Å². The predicted octanol–water partition coefficient (Wildman–Crippen LogP) is 4.86. The lowest BCUT2D eigenvalue weighted by molar-refractivity contribution is 0.396. The van der Waals surface area contributed by atoms with Crippen molar-refractivity contribution in [3.05, 3.63) is 117 Å². The summed E-state index contributed by atoms with van der Waals surface area (Å²) in [5, 5.41) is 11.1. The highest BCUT2D eigenvalue weighted by Gasteiger charge is 2.35. The highest BCUT2D eigenvalue weighted by Crippen LogP contribution is 2.44. The smallest absolute Gasteiger partial charge is 0.263 e. The highest BCUT2D eigenvalue weighted by atomic mass is 35.5. The van der Waals surface area contributed by atoms with Crippen LogP contribution in [0.1, 0.15) is 17.0 Å². The Hall–Kier alpha value is -4.01. The van der Waals surface area contributed by atoms with Gasteiger partial charge in [0, 0.05) is 16.1 Å². The molecule has 150 valence electrons. The molecular formula is C25H16ClN3O2. The van der Waals surface area contributed by atoms with Gasteiger partial charge in [-0.1, -0.05) is 54.1 Å². The number of halogens is 1. The van der Waals surface area contributed by atoms with Crippen molar-refractivity contribution in [3.8, 4) is 17.5 Å². The number of benzene rings is 3. The predicted molar refractivity (Wildman–Crippen MR) is 120 cm³/mol. The molecule has 1 aliphatic rings. The Balaban J connectivity index is 1.94. The molecule has 5 nitrogen and oxygen atoms in total. The van der Waals surface area contributed by atoms with Gasteiger partial charge in [0.25, 0.3) is 5.56 Å². The first-order valence-corrected chi connectivity index (χ1v) is 10.0. The van der Waals surface area contributed by atoms with Crippen LogP contribution in [0.4, 0.5) is 0 Å². The maximum Gasteiger partial charge on any atom is 0.263 e. The molecule has 1 unspecified atom stereocenters. The van der Waals surface area contributed by atoms with E-state index in [9.17, 15) is 10.1 Å². The average Bonchev–Trinajstić information content (AvgIpc) is 2.79. The first-order valence-electron chi connectivity index (χ1n) is 9.66. The van der Waals surface area contributed by atoms with Crippen LogP contribution in [-0.4, -0.2) is 4.57 Å². The second-order valence-electron chi connectivity index (χ2n) is 7.22. The van der Waals surface area contributed by atoms with Crippen molar-refractivity contribution in [1.82, 2.24) is 4.57 Å². The molecule has 5 rings (SSSR count). The summed E-state index contributed by atoms with van der Waals surface area (Å²) in [6.07, 6.45) is 0. The Morgan fingerprint density at radius 3 is 2.48 bits per heavy atom. The molecule has 0 bridgehead atoms. The van der Waals surface area contributed by atoms with E-state index in [1.165, 1.54) is 0 Å². The second-order valence-corrected chi connectivity index (χ2v) is 7.65. The van der Waals surface area contributed by atoms with E-state index in [4.69, 9.17) is 22.1 Å². The average molecular weight is 426 g/mol. The van der Waals surface area contributed by atoms with E-state index in [0.29, 0.717) is 27.4 Å². The molecule has 0 spiro atoms. The van der Waals surface area contributed by atoms with Crippen molar-refractivity contribution >= 4 is 22.5 Å². The Labute approximate surface area is 183 Å². The maximum atomic E-state index is 13.9. The number of nitrogens with zero attached hydrogens (tertiary/aromatic N) is 2. The van der Waals surface area contributed by atoms with Crippen molar-refractivity contribution < 1.29 is 4.74 Å². The number of hydrogen-bond donors (Lipinski definition) is 1. The second kappa shape index (κ2) is 7.35. The lowest BCUT2D eigenvalue weighted by Gasteiger charge is -2.28. The van der Waals surface area contributed by atoms with Crippen molar-refractivity contribution in [3.63, 3.8) is 0 Å². The number of rotatable bonds is 2. The minimum Gasteiger partial charge on any atom is -0.439 e. The van der Waals surface area contributed by atoms with Crippen molar-refractivity contribution in [2.75, 3.05) is 0 Å². The van der Waals surface area contributed by atoms with Crippen LogP contribution in [0.2, 0.25) is 5.02 Å². The van der Waals surface area contributed by atoms with E-state index in [1.54, 1.807) is 22.8 Å². The standard InChI is InChI=1S/C25H16ClN3O2/c26-16-8-6-7-15(13-16)21-19(14-27)24(28)31-23-18-11-4-5-12-20(18)29(25(30)22(21)23)17-9-2-1-3-10-17/h1-13,21H,28H2. The molecule has 0 saturated carbocycles. The summed E-state index contributed by atoms with van der Waals surface area (Å²) < 4.78 is 7.54. The summed E-state index contributed by atoms with van der Waals surface area (Å²) in [5.41, 5.74) is 8.53. The molecule has 0 aliphatic carbocycles. The summed E-state index contributed by atoms with van der Waals surface area (Å²) in [7, 11) is 0. The zero-order valence-electron chi connectivity index (χ0n) is 16.2. The molecule has 3 aromatic carbocycles. The van der Waals surface area contributed by atoms with E-state index >= 15 is 0 Å². The highest BCUT2D eigenvalue weighted by molar-refractivity contribution is 6.30. The molecular weight excluding hydrogens is 410 g/mol. The minimum absolute atomic E-state index is 0.0120. The summed E-state index contributed by atoms with van der Waals surface area (Å²) in [6, 6.07) is 26.1. The van der Waals surface area contributed by atoms with Gasteiger partial charge in [-0.05, 0) is 42.0 Å². The van der Waals surface area contributed by atoms with Crippen LogP contribution in [0.5, 0.6) is 5.75 Å². The number of nitriles is 1. The molecule has 2 N–H and O–H groups in total. The fraction of sp³-hybridized carbons (Fsp3) is 0.0400. The third kappa shape index (κ3) is 2.97. The number of para-hydroxylation sites is 2. The first-order chi connectivity index (χ1) is 15.1. The molecule has 2 heterocycles. The SMILES string of the molecule is N#CC1=C(N)Oc2c(c(=O)n(-c3ccccc3)c3ccccc23)C1c1cccc(Cl)c1. The van der Waals surface area contributed by atoms with Gasteiger partial charge in [-0.2, -0.15) is 5.26 Å². The Kier molecular flexibility index (Phi) is 4.50. The lowest BCUT2D eigenvalue weighted by Crippen LogP contribution is -2.31. The molecule has 4 aromatic rings. The number of ether oxygens (including phenoxy) is 1. The fourth-order valence-corrected chi connectivity index (χ4v) is 4.32. The number of nitrogens with two attached hydrogens (primary N) is 1. The first kappa shape index (κ1) is 19.0. The van der Waals surface area contributed by atoms with Gasteiger partial charge in [-0.25, -0.2) is 0 Å². The molecule has 0 radical (unpaired) electrons. The van der Waals surface area contributed by atoms with Crippen LogP contribution in [0.3, 0.4) is 0 Å². The Morgan fingerprint density at radius 1 is 1.00 bits per heavy atom. The number of fused-ring (bicyclic) bond motifs is 3. The minimum atomic E-state index is -0.695. The van der Waals surface area contributed by atoms with E-state index in [0.717, 1.165) is 11.1 Å². The Bertz CT molecular complexity index is 1470. The quantitative estimate of drug-likeness (QED) is 0.497. The monoisotopic (exact) mass is 425 g/mol. The van der Waals surface area contributed by atoms with Crippen LogP contribution < -0.4 is 16.0 Å². The topological polar surface area (TPSA) is 81.0 Å². The summed E-state index contributed by atoms with van der Waals surface area (Å²) in [5.74, 6) is -0.337. The van der Waals surface area contributed by atoms with E-state index in [1.807, 2.05) is 60.7 Å². The number of pyridine rings is 1. The van der Waals surface area contributed by atoms with Crippen LogP contribution in [0, 0.1) is 11.3 Å².